The number of benzene rings is 3. The van der Waals surface area contributed by atoms with Crippen molar-refractivity contribution < 1.29 is 22.8 Å². The van der Waals surface area contributed by atoms with E-state index in [1.54, 1.807) is 24.3 Å². The van der Waals surface area contributed by atoms with Crippen LogP contribution in [0.15, 0.2) is 78.9 Å². The van der Waals surface area contributed by atoms with Gasteiger partial charge in [0.15, 0.2) is 6.10 Å². The summed E-state index contributed by atoms with van der Waals surface area (Å²) in [6.07, 6.45) is -0.669. The molecule has 0 radical (unpaired) electrons. The molecule has 0 bridgehead atoms. The minimum absolute atomic E-state index is 0.0307. The molecule has 1 amide bonds. The quantitative estimate of drug-likeness (QED) is 0.539. The van der Waals surface area contributed by atoms with Crippen LogP contribution in [0.1, 0.15) is 29.2 Å². The van der Waals surface area contributed by atoms with E-state index >= 15 is 0 Å². The molecular formula is C26H27F2N2O2+. The van der Waals surface area contributed by atoms with E-state index in [0.717, 1.165) is 30.5 Å². The van der Waals surface area contributed by atoms with Crippen molar-refractivity contribution in [2.75, 3.05) is 20.1 Å². The molecule has 1 aliphatic rings. The molecule has 32 heavy (non-hydrogen) atoms. The van der Waals surface area contributed by atoms with Crippen molar-refractivity contribution >= 4 is 6.09 Å². The van der Waals surface area contributed by atoms with Crippen LogP contribution in [0.3, 0.4) is 0 Å². The summed E-state index contributed by atoms with van der Waals surface area (Å²) >= 11 is 0. The predicted octanol–water partition coefficient (Wildman–Crippen LogP) is 5.20. The largest absolute Gasteiger partial charge is 0.436 e. The van der Waals surface area contributed by atoms with Crippen LogP contribution in [0.25, 0.3) is 0 Å². The number of halogens is 2. The van der Waals surface area contributed by atoms with Crippen LogP contribution >= 0.6 is 0 Å². The number of nitrogens with zero attached hydrogens (tertiary/aromatic N) is 1. The van der Waals surface area contributed by atoms with E-state index in [4.69, 9.17) is 4.74 Å². The van der Waals surface area contributed by atoms with Crippen molar-refractivity contribution in [3.63, 3.8) is 0 Å². The van der Waals surface area contributed by atoms with Gasteiger partial charge in [-0.2, -0.15) is 0 Å². The second kappa shape index (κ2) is 9.49. The molecule has 1 fully saturated rings. The third kappa shape index (κ3) is 5.51. The van der Waals surface area contributed by atoms with Gasteiger partial charge < -0.3 is 14.5 Å². The highest BCUT2D eigenvalue weighted by Gasteiger charge is 2.36. The smallest absolute Gasteiger partial charge is 0.408 e. The lowest BCUT2D eigenvalue weighted by Gasteiger charge is -2.30. The molecule has 0 aromatic heterocycles. The summed E-state index contributed by atoms with van der Waals surface area (Å²) in [4.78, 5) is 12.8. The Morgan fingerprint density at radius 3 is 2.22 bits per heavy atom. The van der Waals surface area contributed by atoms with Gasteiger partial charge in [-0.05, 0) is 35.4 Å². The second-order valence-electron chi connectivity index (χ2n) is 8.69. The van der Waals surface area contributed by atoms with Gasteiger partial charge in [0.2, 0.25) is 0 Å². The van der Waals surface area contributed by atoms with Gasteiger partial charge in [-0.3, -0.25) is 0 Å². The highest BCUT2D eigenvalue weighted by atomic mass is 19.1. The third-order valence-corrected chi connectivity index (χ3v) is 5.94. The van der Waals surface area contributed by atoms with E-state index in [0.29, 0.717) is 11.1 Å². The number of hydrogen-bond donors (Lipinski definition) is 1. The summed E-state index contributed by atoms with van der Waals surface area (Å²) in [5, 5.41) is 2.95. The van der Waals surface area contributed by atoms with E-state index in [1.807, 2.05) is 18.2 Å². The lowest BCUT2D eigenvalue weighted by atomic mass is 10.0. The standard InChI is InChI=1S/C26H26F2N2O2/c1-30(17-19-7-3-2-4-8-19)14-13-24(18-30)29-26(31)32-25(20-9-5-11-22(27)15-20)21-10-6-12-23(28)16-21/h2-12,15-16,24-25H,13-14,17-18H2,1H3/p+1/t24-,30?/m1/s1. The fraction of sp³-hybridized carbons (Fsp3) is 0.269. The van der Waals surface area contributed by atoms with Gasteiger partial charge in [-0.25, -0.2) is 13.6 Å². The van der Waals surface area contributed by atoms with Crippen LogP contribution in [0.4, 0.5) is 13.6 Å². The molecule has 166 valence electrons. The number of likely N-dealkylation sites (N-methyl/N-ethyl adjacent to an activating group) is 1. The summed E-state index contributed by atoms with van der Waals surface area (Å²) in [5.74, 6) is -0.893. The Hall–Kier alpha value is -3.25. The first-order valence-corrected chi connectivity index (χ1v) is 10.8. The molecule has 4 nitrogen and oxygen atoms in total. The first kappa shape index (κ1) is 22.0. The number of nitrogens with one attached hydrogen (secondary N) is 1. The number of carbonyl (C=O) groups is 1. The molecule has 1 N–H and O–H groups in total. The summed E-state index contributed by atoms with van der Waals surface area (Å²) in [6.45, 7) is 2.62. The normalized spacial score (nSPS) is 20.3. The number of alkyl carbamates (subject to hydrolysis) is 1. The Kier molecular flexibility index (Phi) is 6.51. The fourth-order valence-electron chi connectivity index (χ4n) is 4.44. The number of likely N-dealkylation sites (tertiary alicyclic amines) is 1. The number of ether oxygens (including phenoxy) is 1. The van der Waals surface area contributed by atoms with Crippen LogP contribution in [0.2, 0.25) is 0 Å². The van der Waals surface area contributed by atoms with Gasteiger partial charge >= 0.3 is 6.09 Å². The maximum Gasteiger partial charge on any atom is 0.408 e. The molecule has 3 aromatic rings. The van der Waals surface area contributed by atoms with Crippen molar-refractivity contribution in [1.29, 1.82) is 0 Å². The average molecular weight is 438 g/mol. The van der Waals surface area contributed by atoms with Crippen molar-refractivity contribution in [3.05, 3.63) is 107 Å². The van der Waals surface area contributed by atoms with Gasteiger partial charge in [-0.1, -0.05) is 54.6 Å². The molecule has 1 unspecified atom stereocenters. The second-order valence-corrected chi connectivity index (χ2v) is 8.69. The van der Waals surface area contributed by atoms with Crippen molar-refractivity contribution in [2.24, 2.45) is 0 Å². The number of rotatable bonds is 6. The number of quaternary nitrogens is 1. The van der Waals surface area contributed by atoms with E-state index in [2.05, 4.69) is 24.5 Å². The molecule has 4 rings (SSSR count). The maximum absolute atomic E-state index is 13.8. The summed E-state index contributed by atoms with van der Waals surface area (Å²) in [7, 11) is 2.18. The average Bonchev–Trinajstić information content (AvgIpc) is 3.12. The summed E-state index contributed by atoms with van der Waals surface area (Å²) < 4.78 is 34.2. The van der Waals surface area contributed by atoms with Crippen molar-refractivity contribution in [3.8, 4) is 0 Å². The molecule has 6 heteroatoms. The Morgan fingerprint density at radius 2 is 1.62 bits per heavy atom. The molecule has 1 aliphatic heterocycles. The fourth-order valence-corrected chi connectivity index (χ4v) is 4.44. The van der Waals surface area contributed by atoms with Crippen LogP contribution < -0.4 is 5.32 Å². The van der Waals surface area contributed by atoms with Gasteiger partial charge in [0.1, 0.15) is 18.2 Å². The minimum atomic E-state index is -0.909. The topological polar surface area (TPSA) is 38.3 Å². The molecule has 3 aromatic carbocycles. The molecular weight excluding hydrogens is 410 g/mol. The molecule has 1 heterocycles. The first-order valence-electron chi connectivity index (χ1n) is 10.8. The van der Waals surface area contributed by atoms with Crippen LogP contribution in [0, 0.1) is 11.6 Å². The number of carbonyl (C=O) groups excluding carboxylic acids is 1. The number of hydrogen-bond acceptors (Lipinski definition) is 2. The van der Waals surface area contributed by atoms with Gasteiger partial charge in [0, 0.05) is 12.0 Å². The van der Waals surface area contributed by atoms with E-state index in [1.165, 1.54) is 29.8 Å². The summed E-state index contributed by atoms with van der Waals surface area (Å²) in [5.41, 5.74) is 2.15. The molecule has 0 saturated carbocycles. The van der Waals surface area contributed by atoms with Gasteiger partial charge in [-0.15, -0.1) is 0 Å². The molecule has 0 aliphatic carbocycles. The van der Waals surface area contributed by atoms with E-state index in [-0.39, 0.29) is 6.04 Å². The van der Waals surface area contributed by atoms with Crippen LogP contribution in [-0.2, 0) is 11.3 Å². The molecule has 2 atom stereocenters. The van der Waals surface area contributed by atoms with Crippen LogP contribution in [0.5, 0.6) is 0 Å². The maximum atomic E-state index is 13.8. The highest BCUT2D eigenvalue weighted by Crippen LogP contribution is 2.28. The SMILES string of the molecule is C[N+]1(Cc2ccccc2)CC[C@@H](NC(=O)OC(c2cccc(F)c2)c2cccc(F)c2)C1. The Balaban J connectivity index is 1.44. The predicted molar refractivity (Wildman–Crippen MR) is 119 cm³/mol. The molecule has 1 saturated heterocycles. The number of amides is 1. The first-order chi connectivity index (χ1) is 15.4. The van der Waals surface area contributed by atoms with Crippen molar-refractivity contribution in [2.45, 2.75) is 25.1 Å². The third-order valence-electron chi connectivity index (χ3n) is 5.94. The molecule has 0 spiro atoms. The zero-order valence-corrected chi connectivity index (χ0v) is 18.0. The van der Waals surface area contributed by atoms with E-state index < -0.39 is 23.8 Å². The highest BCUT2D eigenvalue weighted by molar-refractivity contribution is 5.68. The zero-order chi connectivity index (χ0) is 22.6. The van der Waals surface area contributed by atoms with Crippen molar-refractivity contribution in [1.82, 2.24) is 5.32 Å². The lowest BCUT2D eigenvalue weighted by Crippen LogP contribution is -2.45. The van der Waals surface area contributed by atoms with Crippen LogP contribution in [-0.4, -0.2) is 36.8 Å². The van der Waals surface area contributed by atoms with Gasteiger partial charge in [0.05, 0.1) is 26.2 Å². The minimum Gasteiger partial charge on any atom is -0.436 e. The van der Waals surface area contributed by atoms with Gasteiger partial charge in [0.25, 0.3) is 0 Å². The lowest BCUT2D eigenvalue weighted by molar-refractivity contribution is -0.911. The zero-order valence-electron chi connectivity index (χ0n) is 18.0. The summed E-state index contributed by atoms with van der Waals surface area (Å²) in [6, 6.07) is 21.9. The Bertz CT molecular complexity index is 1030. The monoisotopic (exact) mass is 437 g/mol. The Labute approximate surface area is 187 Å². The van der Waals surface area contributed by atoms with E-state index in [9.17, 15) is 13.6 Å². The Morgan fingerprint density at radius 1 is 1.00 bits per heavy atom.